The van der Waals surface area contributed by atoms with Crippen molar-refractivity contribution in [3.8, 4) is 5.75 Å². The smallest absolute Gasteiger partial charge is 0.265 e. The lowest BCUT2D eigenvalue weighted by atomic mass is 10.1. The fourth-order valence-electron chi connectivity index (χ4n) is 4.52. The van der Waals surface area contributed by atoms with Gasteiger partial charge in [-0.3, -0.25) is 13.8 Å². The maximum atomic E-state index is 13.1. The van der Waals surface area contributed by atoms with Gasteiger partial charge in [0.15, 0.2) is 0 Å². The van der Waals surface area contributed by atoms with Crippen LogP contribution in [0.25, 0.3) is 10.8 Å². The van der Waals surface area contributed by atoms with Gasteiger partial charge < -0.3 is 10.1 Å². The second kappa shape index (κ2) is 10.6. The molecule has 0 radical (unpaired) electrons. The summed E-state index contributed by atoms with van der Waals surface area (Å²) in [6.07, 6.45) is 0.408. The van der Waals surface area contributed by atoms with Gasteiger partial charge in [-0.1, -0.05) is 24.3 Å². The number of carbonyl (C=O) groups excluding carboxylic acids is 1. The van der Waals surface area contributed by atoms with Gasteiger partial charge in [0.2, 0.25) is 5.91 Å². The van der Waals surface area contributed by atoms with Crippen LogP contribution in [-0.2, 0) is 24.8 Å². The summed E-state index contributed by atoms with van der Waals surface area (Å²) in [7, 11) is -7.49. The van der Waals surface area contributed by atoms with E-state index in [-0.39, 0.29) is 28.7 Å². The number of sulfonamides is 2. The quantitative estimate of drug-likeness (QED) is 0.280. The Morgan fingerprint density at radius 3 is 2.26 bits per heavy atom. The fraction of sp³-hybridized carbons (Fsp3) is 0.179. The highest BCUT2D eigenvalue weighted by Gasteiger charge is 2.35. The summed E-state index contributed by atoms with van der Waals surface area (Å²) in [5.41, 5.74) is 1.46. The van der Waals surface area contributed by atoms with Gasteiger partial charge in [0.05, 0.1) is 22.1 Å². The van der Waals surface area contributed by atoms with E-state index in [1.165, 1.54) is 28.6 Å². The van der Waals surface area contributed by atoms with Crippen molar-refractivity contribution in [2.24, 2.45) is 0 Å². The first kappa shape index (κ1) is 26.5. The fourth-order valence-corrected chi connectivity index (χ4v) is 7.33. The molecule has 0 aromatic heterocycles. The Labute approximate surface area is 227 Å². The van der Waals surface area contributed by atoms with Crippen molar-refractivity contribution in [2.75, 3.05) is 27.5 Å². The minimum atomic E-state index is -3.82. The summed E-state index contributed by atoms with van der Waals surface area (Å²) in [5.74, 6) is 0.343. The first-order valence-corrected chi connectivity index (χ1v) is 15.3. The van der Waals surface area contributed by atoms with Crippen LogP contribution in [0.15, 0.2) is 94.7 Å². The maximum absolute atomic E-state index is 13.1. The van der Waals surface area contributed by atoms with Crippen LogP contribution in [0.4, 0.5) is 17.1 Å². The van der Waals surface area contributed by atoms with Crippen LogP contribution in [0.5, 0.6) is 5.75 Å². The number of rotatable bonds is 10. The molecule has 1 heterocycles. The van der Waals surface area contributed by atoms with Gasteiger partial charge in [-0.25, -0.2) is 16.8 Å². The molecule has 202 valence electrons. The molecular formula is C28H27N3O6S2. The van der Waals surface area contributed by atoms with Gasteiger partial charge >= 0.3 is 0 Å². The maximum Gasteiger partial charge on any atom is 0.265 e. The summed E-state index contributed by atoms with van der Waals surface area (Å²) in [6, 6.07) is 23.1. The van der Waals surface area contributed by atoms with E-state index in [9.17, 15) is 21.6 Å². The molecule has 9 nitrogen and oxygen atoms in total. The molecule has 0 fully saturated rings. The standard InChI is InChI=1S/C28H27N3O6S2/c1-2-37-23-15-11-22(12-16-23)30-38(33,34)24-17-13-21(14-18-24)29-27(32)10-5-19-31-25-8-3-6-20-7-4-9-26(28(20)25)39(31,35)36/h3-4,6-9,11-18,30H,2,5,10,19H2,1H3,(H,29,32). The van der Waals surface area contributed by atoms with E-state index in [1.54, 1.807) is 42.5 Å². The van der Waals surface area contributed by atoms with Crippen molar-refractivity contribution in [1.82, 2.24) is 0 Å². The molecule has 5 rings (SSSR count). The van der Waals surface area contributed by atoms with Gasteiger partial charge in [-0.05, 0) is 79.4 Å². The zero-order chi connectivity index (χ0) is 27.6. The number of nitrogens with one attached hydrogen (secondary N) is 2. The van der Waals surface area contributed by atoms with Crippen LogP contribution >= 0.6 is 0 Å². The van der Waals surface area contributed by atoms with Gasteiger partial charge in [-0.2, -0.15) is 0 Å². The molecule has 39 heavy (non-hydrogen) atoms. The SMILES string of the molecule is CCOc1ccc(NS(=O)(=O)c2ccc(NC(=O)CCCN3c4cccc5cccc(c45)S3(=O)=O)cc2)cc1. The van der Waals surface area contributed by atoms with Crippen molar-refractivity contribution < 1.29 is 26.4 Å². The molecular weight excluding hydrogens is 538 g/mol. The Hall–Kier alpha value is -4.09. The van der Waals surface area contributed by atoms with Gasteiger partial charge in [0.25, 0.3) is 20.0 Å². The Bertz CT molecular complexity index is 1730. The number of anilines is 3. The Kier molecular flexibility index (Phi) is 7.19. The number of hydrogen-bond acceptors (Lipinski definition) is 6. The molecule has 4 aromatic carbocycles. The van der Waals surface area contributed by atoms with Crippen molar-refractivity contribution >= 4 is 53.8 Å². The molecule has 0 bridgehead atoms. The van der Waals surface area contributed by atoms with Crippen molar-refractivity contribution in [3.63, 3.8) is 0 Å². The van der Waals surface area contributed by atoms with Gasteiger partial charge in [-0.15, -0.1) is 0 Å². The Morgan fingerprint density at radius 1 is 0.897 bits per heavy atom. The largest absolute Gasteiger partial charge is 0.494 e. The minimum Gasteiger partial charge on any atom is -0.494 e. The highest BCUT2D eigenvalue weighted by atomic mass is 32.2. The van der Waals surface area contributed by atoms with Crippen molar-refractivity contribution in [2.45, 2.75) is 29.6 Å². The van der Waals surface area contributed by atoms with Crippen LogP contribution in [0.1, 0.15) is 19.8 Å². The molecule has 4 aromatic rings. The molecule has 11 heteroatoms. The summed E-state index contributed by atoms with van der Waals surface area (Å²) in [6.45, 7) is 2.54. The lowest BCUT2D eigenvalue weighted by Gasteiger charge is -2.18. The summed E-state index contributed by atoms with van der Waals surface area (Å²) in [5, 5.41) is 4.30. The normalized spacial score (nSPS) is 13.8. The molecule has 0 aliphatic carbocycles. The third-order valence-corrected chi connectivity index (χ3v) is 9.56. The highest BCUT2D eigenvalue weighted by Crippen LogP contribution is 2.42. The summed E-state index contributed by atoms with van der Waals surface area (Å²) < 4.78 is 60.8. The first-order valence-electron chi connectivity index (χ1n) is 12.4. The number of nitrogens with zero attached hydrogens (tertiary/aromatic N) is 1. The van der Waals surface area contributed by atoms with Crippen LogP contribution < -0.4 is 19.1 Å². The third kappa shape index (κ3) is 5.41. The van der Waals surface area contributed by atoms with E-state index in [1.807, 2.05) is 25.1 Å². The second-order valence-corrected chi connectivity index (χ2v) is 12.5. The number of amides is 1. The van der Waals surface area contributed by atoms with Crippen molar-refractivity contribution in [3.05, 3.63) is 84.9 Å². The molecule has 0 spiro atoms. The molecule has 1 amide bonds. The Balaban J connectivity index is 1.17. The lowest BCUT2D eigenvalue weighted by molar-refractivity contribution is -0.116. The summed E-state index contributed by atoms with van der Waals surface area (Å²) in [4.78, 5) is 12.9. The number of benzene rings is 4. The molecule has 0 saturated carbocycles. The topological polar surface area (TPSA) is 122 Å². The summed E-state index contributed by atoms with van der Waals surface area (Å²) >= 11 is 0. The van der Waals surface area contributed by atoms with Crippen LogP contribution in [0.2, 0.25) is 0 Å². The van der Waals surface area contributed by atoms with Crippen LogP contribution in [0.3, 0.4) is 0 Å². The lowest BCUT2D eigenvalue weighted by Crippen LogP contribution is -2.28. The van der Waals surface area contributed by atoms with Gasteiger partial charge in [0.1, 0.15) is 5.75 Å². The predicted octanol–water partition coefficient (Wildman–Crippen LogP) is 4.97. The third-order valence-electron chi connectivity index (χ3n) is 6.31. The zero-order valence-electron chi connectivity index (χ0n) is 21.1. The Morgan fingerprint density at radius 2 is 1.56 bits per heavy atom. The first-order chi connectivity index (χ1) is 18.7. The molecule has 0 atom stereocenters. The monoisotopic (exact) mass is 565 g/mol. The predicted molar refractivity (Wildman–Crippen MR) is 151 cm³/mol. The zero-order valence-corrected chi connectivity index (χ0v) is 22.8. The van der Waals surface area contributed by atoms with Crippen molar-refractivity contribution in [1.29, 1.82) is 0 Å². The molecule has 2 N–H and O–H groups in total. The average Bonchev–Trinajstić information content (AvgIpc) is 3.13. The average molecular weight is 566 g/mol. The highest BCUT2D eigenvalue weighted by molar-refractivity contribution is 7.93. The van der Waals surface area contributed by atoms with Gasteiger partial charge in [0, 0.05) is 29.7 Å². The van der Waals surface area contributed by atoms with E-state index < -0.39 is 20.0 Å². The van der Waals surface area contributed by atoms with E-state index in [0.29, 0.717) is 41.2 Å². The number of hydrogen-bond donors (Lipinski definition) is 2. The number of carbonyl (C=O) groups is 1. The molecule has 0 saturated heterocycles. The van der Waals surface area contributed by atoms with E-state index in [2.05, 4.69) is 10.0 Å². The molecule has 1 aliphatic heterocycles. The van der Waals surface area contributed by atoms with E-state index in [4.69, 9.17) is 4.74 Å². The minimum absolute atomic E-state index is 0.0439. The second-order valence-electron chi connectivity index (χ2n) is 8.95. The van der Waals surface area contributed by atoms with E-state index >= 15 is 0 Å². The molecule has 1 aliphatic rings. The van der Waals surface area contributed by atoms with Crippen LogP contribution in [0, 0.1) is 0 Å². The van der Waals surface area contributed by atoms with Crippen LogP contribution in [-0.4, -0.2) is 35.9 Å². The number of ether oxygens (including phenoxy) is 1. The molecule has 0 unspecified atom stereocenters. The van der Waals surface area contributed by atoms with E-state index in [0.717, 1.165) is 5.39 Å².